The van der Waals surface area contributed by atoms with Gasteiger partial charge in [0.25, 0.3) is 0 Å². The molecule has 0 aliphatic rings. The van der Waals surface area contributed by atoms with Crippen molar-refractivity contribution in [3.8, 4) is 0 Å². The number of aryl methyl sites for hydroxylation is 1. The van der Waals surface area contributed by atoms with Crippen LogP contribution in [0.15, 0.2) is 6.20 Å². The van der Waals surface area contributed by atoms with E-state index in [1.165, 1.54) is 0 Å². The van der Waals surface area contributed by atoms with E-state index in [1.807, 2.05) is 0 Å². The number of carboxylic acid groups (broad SMARTS) is 1. The second-order valence-corrected chi connectivity index (χ2v) is 2.81. The zero-order chi connectivity index (χ0) is 9.84. The molecule has 0 amide bonds. The van der Waals surface area contributed by atoms with Crippen molar-refractivity contribution in [2.24, 2.45) is 12.8 Å². The third-order valence-electron chi connectivity index (χ3n) is 1.87. The fourth-order valence-electron chi connectivity index (χ4n) is 1.19. The molecule has 0 aromatic carbocycles. The maximum absolute atomic E-state index is 10.5. The van der Waals surface area contributed by atoms with E-state index in [9.17, 15) is 4.79 Å². The Hall–Kier alpha value is -1.43. The molecule has 72 valence electrons. The van der Waals surface area contributed by atoms with Gasteiger partial charge in [0.15, 0.2) is 0 Å². The van der Waals surface area contributed by atoms with Gasteiger partial charge >= 0.3 is 5.97 Å². The molecule has 3 N–H and O–H groups in total. The highest BCUT2D eigenvalue weighted by atomic mass is 16.4. The van der Waals surface area contributed by atoms with Gasteiger partial charge in [0.1, 0.15) is 0 Å². The van der Waals surface area contributed by atoms with Crippen molar-refractivity contribution in [3.63, 3.8) is 0 Å². The first-order valence-corrected chi connectivity index (χ1v) is 3.91. The van der Waals surface area contributed by atoms with E-state index < -0.39 is 5.97 Å². The SMILES string of the molecule is Cn1nncc1C(CN)CC(=O)O. The summed E-state index contributed by atoms with van der Waals surface area (Å²) in [5.74, 6) is -1.07. The van der Waals surface area contributed by atoms with Crippen LogP contribution in [0.1, 0.15) is 18.0 Å². The number of hydrogen-bond donors (Lipinski definition) is 2. The van der Waals surface area contributed by atoms with Gasteiger partial charge in [-0.15, -0.1) is 5.10 Å². The molecule has 0 saturated heterocycles. The van der Waals surface area contributed by atoms with Gasteiger partial charge < -0.3 is 10.8 Å². The Balaban J connectivity index is 2.78. The average Bonchev–Trinajstić information content (AvgIpc) is 2.47. The number of aliphatic carboxylic acids is 1. The molecule has 1 atom stereocenters. The monoisotopic (exact) mass is 184 g/mol. The quantitative estimate of drug-likeness (QED) is 0.647. The van der Waals surface area contributed by atoms with Crippen molar-refractivity contribution in [3.05, 3.63) is 11.9 Å². The summed E-state index contributed by atoms with van der Waals surface area (Å²) in [6, 6.07) is 0. The van der Waals surface area contributed by atoms with E-state index in [0.29, 0.717) is 0 Å². The Morgan fingerprint density at radius 2 is 2.54 bits per heavy atom. The number of carboxylic acids is 1. The average molecular weight is 184 g/mol. The van der Waals surface area contributed by atoms with E-state index in [1.54, 1.807) is 17.9 Å². The standard InChI is InChI=1S/C7H12N4O2/c1-11-6(4-9-10-11)5(3-8)2-7(12)13/h4-5H,2-3,8H2,1H3,(H,12,13). The van der Waals surface area contributed by atoms with Crippen LogP contribution in [0.3, 0.4) is 0 Å². The minimum atomic E-state index is -0.864. The molecule has 6 nitrogen and oxygen atoms in total. The highest BCUT2D eigenvalue weighted by Crippen LogP contribution is 2.15. The van der Waals surface area contributed by atoms with Gasteiger partial charge in [-0.1, -0.05) is 5.21 Å². The third kappa shape index (κ3) is 2.25. The molecule has 6 heteroatoms. The van der Waals surface area contributed by atoms with E-state index >= 15 is 0 Å². The third-order valence-corrected chi connectivity index (χ3v) is 1.87. The minimum absolute atomic E-state index is 0.0116. The zero-order valence-electron chi connectivity index (χ0n) is 7.34. The van der Waals surface area contributed by atoms with Crippen LogP contribution in [0.4, 0.5) is 0 Å². The highest BCUT2D eigenvalue weighted by molar-refractivity contribution is 5.67. The number of carbonyl (C=O) groups is 1. The van der Waals surface area contributed by atoms with Gasteiger partial charge in [0.05, 0.1) is 18.3 Å². The van der Waals surface area contributed by atoms with Crippen LogP contribution >= 0.6 is 0 Å². The molecule has 0 aliphatic carbocycles. The van der Waals surface area contributed by atoms with Crippen molar-refractivity contribution < 1.29 is 9.90 Å². The fourth-order valence-corrected chi connectivity index (χ4v) is 1.19. The van der Waals surface area contributed by atoms with Crippen LogP contribution in [0, 0.1) is 0 Å². The van der Waals surface area contributed by atoms with Gasteiger partial charge in [-0.05, 0) is 0 Å². The predicted molar refractivity (Wildman–Crippen MR) is 45.1 cm³/mol. The maximum atomic E-state index is 10.5. The minimum Gasteiger partial charge on any atom is -0.481 e. The van der Waals surface area contributed by atoms with Crippen molar-refractivity contribution in [1.82, 2.24) is 15.0 Å². The Morgan fingerprint density at radius 3 is 2.92 bits per heavy atom. The first-order valence-electron chi connectivity index (χ1n) is 3.91. The second-order valence-electron chi connectivity index (χ2n) is 2.81. The van der Waals surface area contributed by atoms with Crippen molar-refractivity contribution in [1.29, 1.82) is 0 Å². The lowest BCUT2D eigenvalue weighted by atomic mass is 10.0. The first-order chi connectivity index (χ1) is 6.15. The van der Waals surface area contributed by atoms with Crippen LogP contribution in [-0.4, -0.2) is 32.6 Å². The normalized spacial score (nSPS) is 12.8. The van der Waals surface area contributed by atoms with Gasteiger partial charge in [-0.25, -0.2) is 0 Å². The zero-order valence-corrected chi connectivity index (χ0v) is 7.34. The van der Waals surface area contributed by atoms with Crippen LogP contribution < -0.4 is 5.73 Å². The molecule has 1 heterocycles. The smallest absolute Gasteiger partial charge is 0.304 e. The van der Waals surface area contributed by atoms with Crippen LogP contribution in [0.25, 0.3) is 0 Å². The predicted octanol–water partition coefficient (Wildman–Crippen LogP) is -0.668. The van der Waals surface area contributed by atoms with Gasteiger partial charge in [-0.3, -0.25) is 9.48 Å². The fraction of sp³-hybridized carbons (Fsp3) is 0.571. The van der Waals surface area contributed by atoms with Crippen LogP contribution in [-0.2, 0) is 11.8 Å². The summed E-state index contributed by atoms with van der Waals surface area (Å²) >= 11 is 0. The summed E-state index contributed by atoms with van der Waals surface area (Å²) in [7, 11) is 1.72. The summed E-state index contributed by atoms with van der Waals surface area (Å²) in [5.41, 5.74) is 6.20. The first kappa shape index (κ1) is 9.66. The highest BCUT2D eigenvalue weighted by Gasteiger charge is 2.17. The van der Waals surface area contributed by atoms with Crippen LogP contribution in [0.5, 0.6) is 0 Å². The van der Waals surface area contributed by atoms with E-state index in [0.717, 1.165) is 5.69 Å². The Labute approximate surface area is 75.3 Å². The van der Waals surface area contributed by atoms with Gasteiger partial charge in [0.2, 0.25) is 0 Å². The van der Waals surface area contributed by atoms with Gasteiger partial charge in [-0.2, -0.15) is 0 Å². The molecule has 0 radical (unpaired) electrons. The van der Waals surface area contributed by atoms with E-state index in [2.05, 4.69) is 10.3 Å². The maximum Gasteiger partial charge on any atom is 0.304 e. The molecule has 0 bridgehead atoms. The lowest BCUT2D eigenvalue weighted by molar-refractivity contribution is -0.137. The van der Waals surface area contributed by atoms with Crippen molar-refractivity contribution in [2.45, 2.75) is 12.3 Å². The van der Waals surface area contributed by atoms with Gasteiger partial charge in [0, 0.05) is 19.5 Å². The molecule has 0 spiro atoms. The van der Waals surface area contributed by atoms with Crippen molar-refractivity contribution in [2.75, 3.05) is 6.54 Å². The lowest BCUT2D eigenvalue weighted by Crippen LogP contribution is -2.18. The molecule has 1 rings (SSSR count). The largest absolute Gasteiger partial charge is 0.481 e. The molecule has 1 aromatic heterocycles. The topological polar surface area (TPSA) is 94.0 Å². The van der Waals surface area contributed by atoms with Crippen molar-refractivity contribution >= 4 is 5.97 Å². The molecular formula is C7H12N4O2. The number of rotatable bonds is 4. The summed E-state index contributed by atoms with van der Waals surface area (Å²) in [6.07, 6.45) is 1.55. The van der Waals surface area contributed by atoms with E-state index in [4.69, 9.17) is 10.8 Å². The second kappa shape index (κ2) is 3.99. The Kier molecular flexibility index (Phi) is 2.97. The molecule has 0 aliphatic heterocycles. The lowest BCUT2D eigenvalue weighted by Gasteiger charge is -2.10. The number of nitrogens with zero attached hydrogens (tertiary/aromatic N) is 3. The van der Waals surface area contributed by atoms with Crippen LogP contribution in [0.2, 0.25) is 0 Å². The van der Waals surface area contributed by atoms with E-state index in [-0.39, 0.29) is 18.9 Å². The number of hydrogen-bond acceptors (Lipinski definition) is 4. The molecule has 1 unspecified atom stereocenters. The Bertz CT molecular complexity index is 296. The summed E-state index contributed by atoms with van der Waals surface area (Å²) in [4.78, 5) is 10.5. The number of nitrogens with two attached hydrogens (primary N) is 1. The summed E-state index contributed by atoms with van der Waals surface area (Å²) < 4.78 is 1.54. The molecule has 1 aromatic rings. The molecule has 13 heavy (non-hydrogen) atoms. The molecule has 0 fully saturated rings. The summed E-state index contributed by atoms with van der Waals surface area (Å²) in [6.45, 7) is 0.285. The summed E-state index contributed by atoms with van der Waals surface area (Å²) in [5, 5.41) is 16.0. The number of aromatic nitrogens is 3. The molecular weight excluding hydrogens is 172 g/mol. The Morgan fingerprint density at radius 1 is 1.85 bits per heavy atom. The molecule has 0 saturated carbocycles.